The predicted octanol–water partition coefficient (Wildman–Crippen LogP) is 4.76. The molecule has 2 fully saturated rings. The molecule has 1 saturated carbocycles. The lowest BCUT2D eigenvalue weighted by Crippen LogP contribution is -2.50. The van der Waals surface area contributed by atoms with Crippen LogP contribution in [-0.4, -0.2) is 60.6 Å². The molecule has 5 rings (SSSR count). The molecule has 0 radical (unpaired) electrons. The van der Waals surface area contributed by atoms with Gasteiger partial charge in [-0.3, -0.25) is 9.59 Å². The van der Waals surface area contributed by atoms with Crippen molar-refractivity contribution in [2.24, 2.45) is 5.92 Å². The Morgan fingerprint density at radius 2 is 1.97 bits per heavy atom. The zero-order valence-corrected chi connectivity index (χ0v) is 21.4. The minimum Gasteiger partial charge on any atom is -0.491 e. The molecule has 0 spiro atoms. The summed E-state index contributed by atoms with van der Waals surface area (Å²) in [5.74, 6) is 1.03. The molecule has 2 aromatic rings. The molecular weight excluding hydrogens is 460 g/mol. The highest BCUT2D eigenvalue weighted by atomic mass is 32.1. The van der Waals surface area contributed by atoms with Crippen molar-refractivity contribution >= 4 is 23.2 Å². The molecule has 6 nitrogen and oxygen atoms in total. The van der Waals surface area contributed by atoms with Crippen LogP contribution in [0, 0.1) is 12.8 Å². The second-order valence-corrected chi connectivity index (χ2v) is 11.1. The minimum atomic E-state index is -0.150. The molecule has 2 amide bonds. The Balaban J connectivity index is 1.32. The highest BCUT2D eigenvalue weighted by molar-refractivity contribution is 7.10. The number of amides is 2. The van der Waals surface area contributed by atoms with E-state index in [4.69, 9.17) is 9.47 Å². The van der Waals surface area contributed by atoms with Gasteiger partial charge in [0.25, 0.3) is 0 Å². The molecular formula is C28H36N2O4S. The lowest BCUT2D eigenvalue weighted by atomic mass is 10.00. The third kappa shape index (κ3) is 5.56. The highest BCUT2D eigenvalue weighted by Crippen LogP contribution is 2.35. The summed E-state index contributed by atoms with van der Waals surface area (Å²) in [5, 5.41) is 2.10. The second-order valence-electron chi connectivity index (χ2n) is 10.1. The topological polar surface area (TPSA) is 59.1 Å². The van der Waals surface area contributed by atoms with Crippen LogP contribution in [-0.2, 0) is 20.7 Å². The summed E-state index contributed by atoms with van der Waals surface area (Å²) in [7, 11) is 0. The van der Waals surface area contributed by atoms with E-state index in [-0.39, 0.29) is 36.4 Å². The largest absolute Gasteiger partial charge is 0.491 e. The molecule has 2 atom stereocenters. The van der Waals surface area contributed by atoms with Crippen LogP contribution < -0.4 is 4.74 Å². The Labute approximate surface area is 212 Å². The summed E-state index contributed by atoms with van der Waals surface area (Å²) in [4.78, 5) is 32.2. The Bertz CT molecular complexity index is 1030. The van der Waals surface area contributed by atoms with Crippen molar-refractivity contribution in [1.29, 1.82) is 0 Å². The molecule has 0 bridgehead atoms. The third-order valence-corrected chi connectivity index (χ3v) is 8.69. The van der Waals surface area contributed by atoms with E-state index in [0.717, 1.165) is 62.9 Å². The molecule has 2 aliphatic heterocycles. The van der Waals surface area contributed by atoms with E-state index >= 15 is 0 Å². The fourth-order valence-electron chi connectivity index (χ4n) is 5.71. The molecule has 1 aliphatic carbocycles. The number of nitrogens with zero attached hydrogens (tertiary/aromatic N) is 2. The van der Waals surface area contributed by atoms with Crippen molar-refractivity contribution in [2.75, 3.05) is 32.8 Å². The predicted molar refractivity (Wildman–Crippen MR) is 137 cm³/mol. The van der Waals surface area contributed by atoms with E-state index in [1.165, 1.54) is 10.4 Å². The quantitative estimate of drug-likeness (QED) is 0.529. The average molecular weight is 497 g/mol. The SMILES string of the molecule is Cc1ccccc1OC[C@@H]1c2ccsc2CCN1C(=O)CN(C[C@H]1CCCO1)C(=O)C1CCCC1. The van der Waals surface area contributed by atoms with Crippen molar-refractivity contribution in [3.63, 3.8) is 0 Å². The molecule has 3 heterocycles. The van der Waals surface area contributed by atoms with E-state index in [0.29, 0.717) is 19.7 Å². The number of aryl methyl sites for hydroxylation is 1. The maximum Gasteiger partial charge on any atom is 0.242 e. The Hall–Kier alpha value is -2.38. The number of ether oxygens (including phenoxy) is 2. The summed E-state index contributed by atoms with van der Waals surface area (Å²) < 4.78 is 12.1. The summed E-state index contributed by atoms with van der Waals surface area (Å²) in [6.45, 7) is 4.48. The Morgan fingerprint density at radius 1 is 1.14 bits per heavy atom. The van der Waals surface area contributed by atoms with E-state index in [9.17, 15) is 9.59 Å². The molecule has 1 aromatic heterocycles. The number of hydrogen-bond acceptors (Lipinski definition) is 5. The van der Waals surface area contributed by atoms with Gasteiger partial charge >= 0.3 is 0 Å². The Kier molecular flexibility index (Phi) is 7.73. The van der Waals surface area contributed by atoms with Crippen molar-refractivity contribution in [1.82, 2.24) is 9.80 Å². The fourth-order valence-corrected chi connectivity index (χ4v) is 6.64. The van der Waals surface area contributed by atoms with Gasteiger partial charge in [-0.2, -0.15) is 0 Å². The fraction of sp³-hybridized carbons (Fsp3) is 0.571. The zero-order chi connectivity index (χ0) is 24.2. The third-order valence-electron chi connectivity index (χ3n) is 7.70. The van der Waals surface area contributed by atoms with Crippen molar-refractivity contribution in [3.05, 3.63) is 51.7 Å². The van der Waals surface area contributed by atoms with Crippen LogP contribution in [0.25, 0.3) is 0 Å². The number of carbonyl (C=O) groups excluding carboxylic acids is 2. The van der Waals surface area contributed by atoms with E-state index in [1.807, 2.05) is 36.1 Å². The van der Waals surface area contributed by atoms with Gasteiger partial charge in [-0.15, -0.1) is 11.3 Å². The van der Waals surface area contributed by atoms with Crippen molar-refractivity contribution in [3.8, 4) is 5.75 Å². The van der Waals surface area contributed by atoms with Crippen LogP contribution >= 0.6 is 11.3 Å². The maximum atomic E-state index is 13.8. The monoisotopic (exact) mass is 496 g/mol. The van der Waals surface area contributed by atoms with Crippen LogP contribution in [0.4, 0.5) is 0 Å². The van der Waals surface area contributed by atoms with Gasteiger partial charge in [0, 0.05) is 30.5 Å². The van der Waals surface area contributed by atoms with Gasteiger partial charge in [0.1, 0.15) is 12.4 Å². The smallest absolute Gasteiger partial charge is 0.242 e. The van der Waals surface area contributed by atoms with Crippen LogP contribution in [0.5, 0.6) is 5.75 Å². The number of hydrogen-bond donors (Lipinski definition) is 0. The van der Waals surface area contributed by atoms with Gasteiger partial charge in [0.15, 0.2) is 0 Å². The van der Waals surface area contributed by atoms with E-state index in [1.54, 1.807) is 16.2 Å². The van der Waals surface area contributed by atoms with Gasteiger partial charge in [0.05, 0.1) is 18.7 Å². The maximum absolute atomic E-state index is 13.8. The first kappa shape index (κ1) is 24.3. The average Bonchev–Trinajstić information content (AvgIpc) is 3.65. The number of rotatable bonds is 8. The Morgan fingerprint density at radius 3 is 2.74 bits per heavy atom. The lowest BCUT2D eigenvalue weighted by Gasteiger charge is -2.37. The summed E-state index contributed by atoms with van der Waals surface area (Å²) >= 11 is 1.75. The minimum absolute atomic E-state index is 0.00424. The van der Waals surface area contributed by atoms with Crippen molar-refractivity contribution in [2.45, 2.75) is 64.0 Å². The van der Waals surface area contributed by atoms with Gasteiger partial charge in [-0.1, -0.05) is 31.0 Å². The van der Waals surface area contributed by atoms with Gasteiger partial charge in [0.2, 0.25) is 11.8 Å². The zero-order valence-electron chi connectivity index (χ0n) is 20.6. The molecule has 7 heteroatoms. The number of thiophene rings is 1. The van der Waals surface area contributed by atoms with E-state index < -0.39 is 0 Å². The molecule has 1 aromatic carbocycles. The molecule has 0 N–H and O–H groups in total. The summed E-state index contributed by atoms with van der Waals surface area (Å²) in [6, 6.07) is 9.96. The highest BCUT2D eigenvalue weighted by Gasteiger charge is 2.36. The lowest BCUT2D eigenvalue weighted by molar-refractivity contribution is -0.146. The van der Waals surface area contributed by atoms with Crippen LogP contribution in [0.15, 0.2) is 35.7 Å². The standard InChI is InChI=1S/C28H36N2O4S/c1-20-7-2-5-11-25(20)34-19-24-23-13-16-35-26(23)12-14-30(24)27(31)18-29(17-22-10-6-15-33-22)28(32)21-8-3-4-9-21/h2,5,7,11,13,16,21-22,24H,3-4,6,8-10,12,14-15,17-19H2,1H3/t22-,24-/m1/s1. The normalized spacial score (nSPS) is 22.3. The van der Waals surface area contributed by atoms with Crippen molar-refractivity contribution < 1.29 is 19.1 Å². The first-order valence-electron chi connectivity index (χ1n) is 13.0. The molecule has 35 heavy (non-hydrogen) atoms. The van der Waals surface area contributed by atoms with Gasteiger partial charge in [-0.25, -0.2) is 0 Å². The number of para-hydroxylation sites is 1. The van der Waals surface area contributed by atoms with Crippen LogP contribution in [0.3, 0.4) is 0 Å². The first-order valence-corrected chi connectivity index (χ1v) is 13.9. The number of fused-ring (bicyclic) bond motifs is 1. The molecule has 1 saturated heterocycles. The molecule has 3 aliphatic rings. The summed E-state index contributed by atoms with van der Waals surface area (Å²) in [5.41, 5.74) is 2.26. The molecule has 0 unspecified atom stereocenters. The van der Waals surface area contributed by atoms with Crippen LogP contribution in [0.1, 0.15) is 60.6 Å². The van der Waals surface area contributed by atoms with E-state index in [2.05, 4.69) is 11.4 Å². The van der Waals surface area contributed by atoms with Crippen LogP contribution in [0.2, 0.25) is 0 Å². The molecule has 188 valence electrons. The number of carbonyl (C=O) groups is 2. The second kappa shape index (κ2) is 11.1. The first-order chi connectivity index (χ1) is 17.1. The van der Waals surface area contributed by atoms with Gasteiger partial charge < -0.3 is 19.3 Å². The summed E-state index contributed by atoms with van der Waals surface area (Å²) in [6.07, 6.45) is 6.94. The van der Waals surface area contributed by atoms with Gasteiger partial charge in [-0.05, 0) is 67.7 Å². The number of benzene rings is 1.